The first kappa shape index (κ1) is 17.5. The van der Waals surface area contributed by atoms with Crippen molar-refractivity contribution in [3.63, 3.8) is 0 Å². The van der Waals surface area contributed by atoms with E-state index >= 15 is 0 Å². The Bertz CT molecular complexity index is 491. The highest BCUT2D eigenvalue weighted by Crippen LogP contribution is 2.28. The predicted octanol–water partition coefficient (Wildman–Crippen LogP) is 2.20. The van der Waals surface area contributed by atoms with Crippen LogP contribution >= 0.6 is 11.3 Å². The highest BCUT2D eigenvalue weighted by atomic mass is 32.1. The van der Waals surface area contributed by atoms with Crippen molar-refractivity contribution in [1.29, 1.82) is 0 Å². The molecule has 21 heavy (non-hydrogen) atoms. The number of amides is 1. The number of nitrogen functional groups attached to an aromatic ring is 1. The number of carbonyl (C=O) groups is 1. The van der Waals surface area contributed by atoms with E-state index in [9.17, 15) is 22.4 Å². The Labute approximate surface area is 123 Å². The van der Waals surface area contributed by atoms with Crippen LogP contribution < -0.4 is 16.0 Å². The van der Waals surface area contributed by atoms with E-state index in [2.05, 4.69) is 4.98 Å². The van der Waals surface area contributed by atoms with Gasteiger partial charge in [-0.25, -0.2) is 13.8 Å². The van der Waals surface area contributed by atoms with Gasteiger partial charge in [0, 0.05) is 13.1 Å². The maximum atomic E-state index is 12.7. The molecule has 0 aliphatic rings. The largest absolute Gasteiger partial charge is 0.382 e. The molecule has 1 aromatic heterocycles. The number of nitrogens with zero attached hydrogens (tertiary/aromatic N) is 2. The van der Waals surface area contributed by atoms with Crippen molar-refractivity contribution in [3.8, 4) is 0 Å². The molecule has 0 aliphatic heterocycles. The fraction of sp³-hybridized carbons (Fsp3) is 0.636. The minimum absolute atomic E-state index is 0.0676. The lowest BCUT2D eigenvalue weighted by Gasteiger charge is -2.16. The Morgan fingerprint density at radius 1 is 1.43 bits per heavy atom. The van der Waals surface area contributed by atoms with E-state index in [1.165, 1.54) is 0 Å². The Hall–Kier alpha value is -1.58. The standard InChI is InChI=1S/C11H16F4N4OS/c1-3-19(4-2)10-18-7(16)6(21-10)8(20)17-5-11(14,15)9(12)13/h9H,3-5,16H2,1-2H3,(H,17,20). The molecular formula is C11H16F4N4OS. The van der Waals surface area contributed by atoms with Crippen LogP contribution in [0.1, 0.15) is 23.5 Å². The summed E-state index contributed by atoms with van der Waals surface area (Å²) in [5.74, 6) is -5.33. The molecule has 0 radical (unpaired) electrons. The molecule has 0 saturated heterocycles. The summed E-state index contributed by atoms with van der Waals surface area (Å²) in [6.07, 6.45) is -3.84. The molecule has 1 rings (SSSR count). The van der Waals surface area contributed by atoms with Gasteiger partial charge in [0.2, 0.25) is 0 Å². The van der Waals surface area contributed by atoms with Crippen molar-refractivity contribution in [2.45, 2.75) is 26.2 Å². The smallest absolute Gasteiger partial charge is 0.324 e. The normalized spacial score (nSPS) is 11.8. The summed E-state index contributed by atoms with van der Waals surface area (Å²) in [5.41, 5.74) is 5.56. The molecule has 0 unspecified atom stereocenters. The molecule has 0 fully saturated rings. The van der Waals surface area contributed by atoms with Crippen molar-refractivity contribution in [3.05, 3.63) is 4.88 Å². The van der Waals surface area contributed by atoms with Gasteiger partial charge in [0.05, 0.1) is 6.54 Å². The van der Waals surface area contributed by atoms with Crippen molar-refractivity contribution in [2.24, 2.45) is 0 Å². The highest BCUT2D eigenvalue weighted by molar-refractivity contribution is 7.18. The molecule has 0 aromatic carbocycles. The van der Waals surface area contributed by atoms with Crippen LogP contribution in [0.25, 0.3) is 0 Å². The summed E-state index contributed by atoms with van der Waals surface area (Å²) in [7, 11) is 0. The Balaban J connectivity index is 2.80. The van der Waals surface area contributed by atoms with Gasteiger partial charge >= 0.3 is 12.3 Å². The number of nitrogens with two attached hydrogens (primary N) is 1. The molecular weight excluding hydrogens is 312 g/mol. The van der Waals surface area contributed by atoms with E-state index in [4.69, 9.17) is 5.73 Å². The first-order valence-electron chi connectivity index (χ1n) is 6.18. The van der Waals surface area contributed by atoms with Gasteiger partial charge in [-0.3, -0.25) is 4.79 Å². The second-order valence-electron chi connectivity index (χ2n) is 4.13. The van der Waals surface area contributed by atoms with Crippen LogP contribution in [0.5, 0.6) is 0 Å². The van der Waals surface area contributed by atoms with Crippen LogP contribution in [0.15, 0.2) is 0 Å². The van der Waals surface area contributed by atoms with E-state index < -0.39 is 24.8 Å². The number of halogens is 4. The maximum Gasteiger partial charge on any atom is 0.324 e. The lowest BCUT2D eigenvalue weighted by atomic mass is 10.3. The monoisotopic (exact) mass is 328 g/mol. The molecule has 0 aliphatic carbocycles. The van der Waals surface area contributed by atoms with E-state index in [0.29, 0.717) is 18.2 Å². The van der Waals surface area contributed by atoms with Gasteiger partial charge in [-0.1, -0.05) is 11.3 Å². The van der Waals surface area contributed by atoms with Crippen LogP contribution in [0.4, 0.5) is 28.5 Å². The van der Waals surface area contributed by atoms with Gasteiger partial charge in [-0.15, -0.1) is 0 Å². The predicted molar refractivity (Wildman–Crippen MR) is 73.4 cm³/mol. The van der Waals surface area contributed by atoms with Gasteiger partial charge in [0.25, 0.3) is 5.91 Å². The second-order valence-corrected chi connectivity index (χ2v) is 5.11. The van der Waals surface area contributed by atoms with E-state index in [0.717, 1.165) is 11.3 Å². The topological polar surface area (TPSA) is 71.2 Å². The third-order valence-electron chi connectivity index (χ3n) is 2.69. The quantitative estimate of drug-likeness (QED) is 0.753. The SMILES string of the molecule is CCN(CC)c1nc(N)c(C(=O)NCC(F)(F)C(F)F)s1. The molecule has 0 bridgehead atoms. The van der Waals surface area contributed by atoms with E-state index in [1.54, 1.807) is 5.32 Å². The summed E-state index contributed by atoms with van der Waals surface area (Å²) in [4.78, 5) is 17.5. The minimum atomic E-state index is -4.28. The third kappa shape index (κ3) is 4.19. The average Bonchev–Trinajstić information content (AvgIpc) is 2.79. The lowest BCUT2D eigenvalue weighted by Crippen LogP contribution is -2.41. The van der Waals surface area contributed by atoms with Crippen molar-refractivity contribution in [1.82, 2.24) is 10.3 Å². The zero-order valence-corrected chi connectivity index (χ0v) is 12.3. The summed E-state index contributed by atoms with van der Waals surface area (Å²) >= 11 is 0.929. The summed E-state index contributed by atoms with van der Waals surface area (Å²) in [5, 5.41) is 2.23. The lowest BCUT2D eigenvalue weighted by molar-refractivity contribution is -0.123. The first-order valence-corrected chi connectivity index (χ1v) is 7.00. The summed E-state index contributed by atoms with van der Waals surface area (Å²) in [6, 6.07) is 0. The molecule has 10 heteroatoms. The summed E-state index contributed by atoms with van der Waals surface area (Å²) in [6.45, 7) is 3.57. The molecule has 0 spiro atoms. The van der Waals surface area contributed by atoms with Crippen LogP contribution in [0.3, 0.4) is 0 Å². The zero-order valence-electron chi connectivity index (χ0n) is 11.5. The van der Waals surface area contributed by atoms with Crippen molar-refractivity contribution in [2.75, 3.05) is 30.3 Å². The molecule has 0 atom stereocenters. The molecule has 3 N–H and O–H groups in total. The van der Waals surface area contributed by atoms with Crippen molar-refractivity contribution >= 4 is 28.2 Å². The highest BCUT2D eigenvalue weighted by Gasteiger charge is 2.41. The van der Waals surface area contributed by atoms with Gasteiger partial charge in [0.15, 0.2) is 5.13 Å². The molecule has 1 amide bonds. The molecule has 0 saturated carbocycles. The average molecular weight is 328 g/mol. The molecule has 1 heterocycles. The number of aromatic nitrogens is 1. The van der Waals surface area contributed by atoms with Crippen LogP contribution in [0, 0.1) is 0 Å². The molecule has 1 aromatic rings. The zero-order chi connectivity index (χ0) is 16.2. The fourth-order valence-corrected chi connectivity index (χ4v) is 2.50. The first-order chi connectivity index (χ1) is 9.72. The molecule has 5 nitrogen and oxygen atoms in total. The van der Waals surface area contributed by atoms with Gasteiger partial charge in [0.1, 0.15) is 10.7 Å². The number of alkyl halides is 4. The number of rotatable bonds is 7. The number of nitrogens with one attached hydrogen (secondary N) is 1. The Morgan fingerprint density at radius 3 is 2.48 bits per heavy atom. The number of anilines is 2. The molecule has 120 valence electrons. The third-order valence-corrected chi connectivity index (χ3v) is 3.82. The van der Waals surface area contributed by atoms with E-state index in [-0.39, 0.29) is 10.7 Å². The van der Waals surface area contributed by atoms with Crippen LogP contribution in [-0.4, -0.2) is 42.9 Å². The number of hydrogen-bond donors (Lipinski definition) is 2. The van der Waals surface area contributed by atoms with Gasteiger partial charge in [-0.05, 0) is 13.8 Å². The van der Waals surface area contributed by atoms with Crippen molar-refractivity contribution < 1.29 is 22.4 Å². The van der Waals surface area contributed by atoms with Crippen LogP contribution in [0.2, 0.25) is 0 Å². The van der Waals surface area contributed by atoms with E-state index in [1.807, 2.05) is 18.7 Å². The van der Waals surface area contributed by atoms with Gasteiger partial charge in [-0.2, -0.15) is 8.78 Å². The number of hydrogen-bond acceptors (Lipinski definition) is 5. The summed E-state index contributed by atoms with van der Waals surface area (Å²) < 4.78 is 49.5. The fourth-order valence-electron chi connectivity index (χ4n) is 1.47. The van der Waals surface area contributed by atoms with Crippen LogP contribution in [-0.2, 0) is 0 Å². The number of thiazole rings is 1. The number of carbonyl (C=O) groups excluding carboxylic acids is 1. The van der Waals surface area contributed by atoms with Gasteiger partial charge < -0.3 is 16.0 Å². The Kier molecular flexibility index (Phi) is 5.76. The minimum Gasteiger partial charge on any atom is -0.382 e. The Morgan fingerprint density at radius 2 is 2.00 bits per heavy atom. The second kappa shape index (κ2) is 6.92. The maximum absolute atomic E-state index is 12.7.